The summed E-state index contributed by atoms with van der Waals surface area (Å²) in [5, 5.41) is 15.5. The van der Waals surface area contributed by atoms with E-state index in [1.807, 2.05) is 0 Å². The third kappa shape index (κ3) is 7.32. The summed E-state index contributed by atoms with van der Waals surface area (Å²) in [6.07, 6.45) is 4.93. The Morgan fingerprint density at radius 3 is 2.47 bits per heavy atom. The van der Waals surface area contributed by atoms with Gasteiger partial charge in [-0.25, -0.2) is 23.8 Å². The molecule has 1 atom stereocenters. The number of aromatic nitrogens is 2. The highest BCUT2D eigenvalue weighted by Gasteiger charge is 2.65. The molecule has 1 aromatic carbocycles. The molecule has 15 heteroatoms. The van der Waals surface area contributed by atoms with Gasteiger partial charge in [-0.05, 0) is 61.9 Å². The lowest BCUT2D eigenvalue weighted by Gasteiger charge is -2.25. The number of alkyl halides is 3. The maximum atomic E-state index is 15.3. The molecule has 5 rings (SSSR count). The van der Waals surface area contributed by atoms with E-state index in [1.165, 1.54) is 23.0 Å². The van der Waals surface area contributed by atoms with Crippen molar-refractivity contribution in [2.24, 2.45) is 5.41 Å². The fourth-order valence-electron chi connectivity index (χ4n) is 5.29. The summed E-state index contributed by atoms with van der Waals surface area (Å²) in [5.41, 5.74) is -2.53. The fraction of sp³-hybridized carbons (Fsp3) is 0.533. The minimum Gasteiger partial charge on any atom is -0.450 e. The third-order valence-electron chi connectivity index (χ3n) is 8.21. The number of ether oxygens (including phenoxy) is 3. The molecule has 1 saturated heterocycles. The summed E-state index contributed by atoms with van der Waals surface area (Å²) in [7, 11) is -0.837. The van der Waals surface area contributed by atoms with E-state index in [1.54, 1.807) is 0 Å². The molecule has 2 fully saturated rings. The van der Waals surface area contributed by atoms with Gasteiger partial charge in [0.15, 0.2) is 22.5 Å². The van der Waals surface area contributed by atoms with Crippen molar-refractivity contribution in [1.29, 1.82) is 0 Å². The molecule has 3 heterocycles. The highest BCUT2D eigenvalue weighted by Crippen LogP contribution is 2.61. The van der Waals surface area contributed by atoms with Crippen molar-refractivity contribution in [3.8, 4) is 11.5 Å². The van der Waals surface area contributed by atoms with Crippen molar-refractivity contribution in [3.05, 3.63) is 47.8 Å². The SMILES string of the molecule is CS(C)(C)CCOCn1cc(C2(C(F)(F)F)CC2)c2c(Oc3c(F)cc(NC(=S)NCC4(CO)CCOC4)cc3F)ccnc21. The summed E-state index contributed by atoms with van der Waals surface area (Å²) in [6.45, 7) is 1.43. The summed E-state index contributed by atoms with van der Waals surface area (Å²) in [6, 6.07) is 3.24. The molecular formula is C30H37F5N4O4S2. The van der Waals surface area contributed by atoms with Crippen LogP contribution in [0.5, 0.6) is 11.5 Å². The number of thiocarbonyl (C=S) groups is 1. The molecule has 1 saturated carbocycles. The molecule has 45 heavy (non-hydrogen) atoms. The molecule has 8 nitrogen and oxygen atoms in total. The van der Waals surface area contributed by atoms with Crippen LogP contribution in [-0.4, -0.2) is 83.4 Å². The molecule has 1 unspecified atom stereocenters. The van der Waals surface area contributed by atoms with Crippen LogP contribution in [0.4, 0.5) is 27.6 Å². The van der Waals surface area contributed by atoms with Crippen LogP contribution in [0.2, 0.25) is 0 Å². The van der Waals surface area contributed by atoms with Gasteiger partial charge >= 0.3 is 6.18 Å². The summed E-state index contributed by atoms with van der Waals surface area (Å²) >= 11 is 5.26. The zero-order valence-electron chi connectivity index (χ0n) is 25.2. The predicted molar refractivity (Wildman–Crippen MR) is 168 cm³/mol. The van der Waals surface area contributed by atoms with Gasteiger partial charge in [-0.1, -0.05) is 0 Å². The number of anilines is 1. The van der Waals surface area contributed by atoms with E-state index < -0.39 is 44.4 Å². The van der Waals surface area contributed by atoms with E-state index in [0.717, 1.165) is 17.9 Å². The van der Waals surface area contributed by atoms with Crippen LogP contribution in [0.1, 0.15) is 24.8 Å². The normalized spacial score (nSPS) is 19.9. The van der Waals surface area contributed by atoms with Crippen molar-refractivity contribution in [2.75, 3.05) is 62.8 Å². The van der Waals surface area contributed by atoms with Crippen LogP contribution < -0.4 is 15.4 Å². The van der Waals surface area contributed by atoms with Crippen LogP contribution in [0.3, 0.4) is 0 Å². The van der Waals surface area contributed by atoms with Crippen molar-refractivity contribution in [3.63, 3.8) is 0 Å². The van der Waals surface area contributed by atoms with Crippen LogP contribution in [0, 0.1) is 17.0 Å². The highest BCUT2D eigenvalue weighted by molar-refractivity contribution is 8.32. The van der Waals surface area contributed by atoms with E-state index in [-0.39, 0.29) is 59.3 Å². The number of hydrogen-bond acceptors (Lipinski definition) is 6. The average molecular weight is 677 g/mol. The monoisotopic (exact) mass is 676 g/mol. The molecule has 0 amide bonds. The summed E-state index contributed by atoms with van der Waals surface area (Å²) < 4.78 is 91.9. The first-order valence-electron chi connectivity index (χ1n) is 14.4. The van der Waals surface area contributed by atoms with E-state index in [4.69, 9.17) is 26.4 Å². The molecule has 2 aliphatic rings. The number of halogens is 5. The van der Waals surface area contributed by atoms with E-state index >= 15 is 8.78 Å². The van der Waals surface area contributed by atoms with E-state index in [0.29, 0.717) is 32.8 Å². The smallest absolute Gasteiger partial charge is 0.398 e. The second-order valence-electron chi connectivity index (χ2n) is 12.6. The van der Waals surface area contributed by atoms with Gasteiger partial charge in [0, 0.05) is 54.5 Å². The maximum Gasteiger partial charge on any atom is 0.398 e. The first-order chi connectivity index (χ1) is 21.2. The maximum absolute atomic E-state index is 15.3. The van der Waals surface area contributed by atoms with Gasteiger partial charge in [-0.2, -0.15) is 13.2 Å². The van der Waals surface area contributed by atoms with E-state index in [2.05, 4.69) is 34.4 Å². The molecule has 0 spiro atoms. The van der Waals surface area contributed by atoms with Crippen LogP contribution >= 0.6 is 22.2 Å². The van der Waals surface area contributed by atoms with Crippen molar-refractivity contribution < 1.29 is 41.3 Å². The Hall–Kier alpha value is -2.72. The lowest BCUT2D eigenvalue weighted by Crippen LogP contribution is -2.42. The summed E-state index contributed by atoms with van der Waals surface area (Å²) in [5.74, 6) is -2.31. The molecule has 0 bridgehead atoms. The quantitative estimate of drug-likeness (QED) is 0.121. The van der Waals surface area contributed by atoms with Crippen molar-refractivity contribution >= 4 is 44.1 Å². The van der Waals surface area contributed by atoms with Crippen molar-refractivity contribution in [1.82, 2.24) is 14.9 Å². The van der Waals surface area contributed by atoms with Crippen molar-refractivity contribution in [2.45, 2.75) is 37.6 Å². The Kier molecular flexibility index (Phi) is 9.58. The molecular weight excluding hydrogens is 639 g/mol. The lowest BCUT2D eigenvalue weighted by molar-refractivity contribution is -0.160. The van der Waals surface area contributed by atoms with Gasteiger partial charge in [-0.15, -0.1) is 0 Å². The Labute approximate surface area is 264 Å². The van der Waals surface area contributed by atoms with Gasteiger partial charge in [0.25, 0.3) is 0 Å². The largest absolute Gasteiger partial charge is 0.450 e. The number of aliphatic hydroxyl groups excluding tert-OH is 1. The highest BCUT2D eigenvalue weighted by atomic mass is 32.3. The molecule has 0 radical (unpaired) electrons. The van der Waals surface area contributed by atoms with E-state index in [9.17, 15) is 18.3 Å². The second kappa shape index (κ2) is 12.8. The number of nitrogens with zero attached hydrogens (tertiary/aromatic N) is 2. The fourth-order valence-corrected chi connectivity index (χ4v) is 6.09. The number of rotatable bonds is 12. The van der Waals surface area contributed by atoms with Gasteiger partial charge in [-0.3, -0.25) is 0 Å². The van der Waals surface area contributed by atoms with Crippen LogP contribution in [-0.2, 0) is 21.6 Å². The number of benzene rings is 1. The minimum absolute atomic E-state index is 0.00876. The zero-order valence-corrected chi connectivity index (χ0v) is 26.9. The van der Waals surface area contributed by atoms with Crippen LogP contribution in [0.25, 0.3) is 11.0 Å². The van der Waals surface area contributed by atoms with Gasteiger partial charge < -0.3 is 34.5 Å². The number of fused-ring (bicyclic) bond motifs is 1. The first kappa shape index (κ1) is 33.6. The predicted octanol–water partition coefficient (Wildman–Crippen LogP) is 6.05. The number of nitrogens with one attached hydrogen (secondary N) is 2. The molecule has 248 valence electrons. The zero-order chi connectivity index (χ0) is 32.6. The average Bonchev–Trinajstić information content (AvgIpc) is 3.50. The molecule has 3 N–H and O–H groups in total. The third-order valence-corrected chi connectivity index (χ3v) is 9.85. The number of pyridine rings is 1. The summed E-state index contributed by atoms with van der Waals surface area (Å²) in [4.78, 5) is 4.30. The molecule has 2 aromatic heterocycles. The number of hydrogen-bond donors (Lipinski definition) is 3. The Morgan fingerprint density at radius 2 is 1.89 bits per heavy atom. The second-order valence-corrected chi connectivity index (χ2v) is 17.6. The Bertz CT molecular complexity index is 1530. The number of aliphatic hydroxyl groups is 1. The Balaban J connectivity index is 1.39. The minimum atomic E-state index is -4.55. The first-order valence-corrected chi connectivity index (χ1v) is 17.8. The standard InChI is InChI=1S/C30H37F5N4O4S2/c1-45(2,3)11-10-42-18-39-14-20(29(5-6-29)30(33,34)35)24-23(4-8-36-26(24)39)43-25-21(31)12-19(13-22(25)32)38-27(44)37-15-28(16-40)7-9-41-17-28/h4,8,12-14,40H,5-7,9-11,15-18H2,1-3H3,(H2,37,38,44). The topological polar surface area (TPSA) is 89.8 Å². The van der Waals surface area contributed by atoms with Gasteiger partial charge in [0.05, 0.1) is 30.6 Å². The van der Waals surface area contributed by atoms with Crippen LogP contribution in [0.15, 0.2) is 30.6 Å². The molecule has 1 aliphatic carbocycles. The lowest BCUT2D eigenvalue weighted by atomic mass is 9.88. The van der Waals surface area contributed by atoms with Gasteiger partial charge in [0.1, 0.15) is 18.1 Å². The molecule has 3 aromatic rings. The van der Waals surface area contributed by atoms with Gasteiger partial charge in [0.2, 0.25) is 0 Å². The Morgan fingerprint density at radius 1 is 1.18 bits per heavy atom. The molecule has 1 aliphatic heterocycles.